The van der Waals surface area contributed by atoms with Crippen molar-refractivity contribution in [3.63, 3.8) is 0 Å². The molecule has 1 N–H and O–H groups in total. The van der Waals surface area contributed by atoms with E-state index in [1.165, 1.54) is 0 Å². The van der Waals surface area contributed by atoms with Gasteiger partial charge in [0.15, 0.2) is 0 Å². The summed E-state index contributed by atoms with van der Waals surface area (Å²) in [7, 11) is -3.53. The van der Waals surface area contributed by atoms with Crippen LogP contribution in [0.25, 0.3) is 0 Å². The fraction of sp³-hybridized carbons (Fsp3) is 0.958. The third kappa shape index (κ3) is 12.8. The molecule has 2 radical (unpaired) electrons. The van der Waals surface area contributed by atoms with Crippen LogP contribution in [0.1, 0.15) is 68.6 Å². The Morgan fingerprint density at radius 2 is 2.05 bits per heavy atom. The van der Waals surface area contributed by atoms with Crippen molar-refractivity contribution in [2.45, 2.75) is 91.1 Å². The van der Waals surface area contributed by atoms with Crippen molar-refractivity contribution >= 4 is 17.6 Å². The molecule has 1 aliphatic rings. The molecule has 0 aromatic carbocycles. The Kier molecular flexibility index (Phi) is 17.2. The normalized spacial score (nSPS) is 25.1. The van der Waals surface area contributed by atoms with E-state index >= 15 is 0 Å². The van der Waals surface area contributed by atoms with Crippen LogP contribution in [-0.2, 0) is 49.4 Å². The standard InChI is InChI=1S/C24H46N3O7PSi.V/c1-7-20(4)24(6,21(5)19(2)3)34-36-17-9-12-27-13-16-32-35(28,31-14-8-11-25)33-22-10-15-29-23(22)18-30-26;/h19-23,27H,7-10,12-18H2,1-6H3;/i15T;. The van der Waals surface area contributed by atoms with Crippen LogP contribution >= 0.6 is 7.82 Å². The van der Waals surface area contributed by atoms with Crippen molar-refractivity contribution in [1.29, 1.82) is 5.26 Å². The molecular weight excluding hydrogens is 552 g/mol. The van der Waals surface area contributed by atoms with E-state index in [4.69, 9.17) is 34.2 Å². The molecule has 0 amide bonds. The first kappa shape index (κ1) is 33.2. The average molecular weight is 601 g/mol. The molecule has 0 aromatic heterocycles. The molecule has 7 atom stereocenters. The maximum atomic E-state index is 13.2. The first-order valence-electron chi connectivity index (χ1n) is 13.7. The van der Waals surface area contributed by atoms with Gasteiger partial charge in [-0.25, -0.2) is 0 Å². The first-order valence-corrected chi connectivity index (χ1v) is 16.3. The number of hydrogen-bond acceptors (Lipinski definition) is 10. The van der Waals surface area contributed by atoms with E-state index < -0.39 is 26.6 Å². The number of nitrogens with zero attached hydrogens (tertiary/aromatic N) is 2. The number of phosphoric acid groups is 1. The summed E-state index contributed by atoms with van der Waals surface area (Å²) in [6.45, 7) is 14.0. The molecule has 1 rings (SSSR count). The minimum absolute atomic E-state index is 0.0469. The van der Waals surface area contributed by atoms with E-state index in [1.54, 1.807) is 0 Å². The summed E-state index contributed by atoms with van der Waals surface area (Å²) >= 11 is 1.92. The Balaban J connectivity index is 2.44. The quantitative estimate of drug-likeness (QED) is 0.0791. The average Bonchev–Trinajstić information content (AvgIpc) is 3.23. The molecule has 13 heteroatoms. The number of nitriles is 1. The van der Waals surface area contributed by atoms with Crippen LogP contribution in [0, 0.1) is 29.1 Å². The van der Waals surface area contributed by atoms with Crippen molar-refractivity contribution in [2.24, 2.45) is 21.7 Å². The van der Waals surface area contributed by atoms with E-state index in [1.807, 2.05) is 23.3 Å². The topological polar surface area (TPSA) is 121 Å². The van der Waals surface area contributed by atoms with Crippen molar-refractivity contribution in [1.82, 2.24) is 5.32 Å². The van der Waals surface area contributed by atoms with Crippen LogP contribution in [0.15, 0.2) is 3.95 Å². The van der Waals surface area contributed by atoms with Gasteiger partial charge < -0.3 is 4.43 Å². The van der Waals surface area contributed by atoms with Crippen LogP contribution in [0.5, 0.6) is 0 Å². The molecule has 10 nitrogen and oxygen atoms in total. The van der Waals surface area contributed by atoms with Gasteiger partial charge in [-0.15, -0.1) is 0 Å². The molecule has 213 valence electrons. The summed E-state index contributed by atoms with van der Waals surface area (Å²) in [5, 5.41) is 12.1. The predicted octanol–water partition coefficient (Wildman–Crippen LogP) is 5.01. The molecule has 0 aromatic rings. The third-order valence-corrected chi connectivity index (χ3v) is 9.83. The van der Waals surface area contributed by atoms with Gasteiger partial charge >= 0.3 is 139 Å². The van der Waals surface area contributed by atoms with Crippen LogP contribution in [0.2, 0.25) is 6.04 Å². The zero-order valence-corrected chi connectivity index (χ0v) is 26.5. The molecule has 0 bridgehead atoms. The van der Waals surface area contributed by atoms with Gasteiger partial charge in [0.2, 0.25) is 9.76 Å². The Labute approximate surface area is 236 Å². The van der Waals surface area contributed by atoms with Gasteiger partial charge in [-0.3, -0.25) is 0 Å². The molecule has 37 heavy (non-hydrogen) atoms. The molecule has 0 saturated carbocycles. The summed E-state index contributed by atoms with van der Waals surface area (Å²) < 4.78 is 53.0. The molecule has 0 spiro atoms. The summed E-state index contributed by atoms with van der Waals surface area (Å²) in [5.41, 5.74) is -0.130. The summed E-state index contributed by atoms with van der Waals surface area (Å²) in [5.74, 6) is 1.52. The zero-order chi connectivity index (χ0) is 28.6. The summed E-state index contributed by atoms with van der Waals surface area (Å²) in [6, 6.07) is 2.90. The second kappa shape index (κ2) is 19.2. The maximum absolute atomic E-state index is 13.2. The molecular formula is C24H46N3O7PSiV. The fourth-order valence-corrected chi connectivity index (χ4v) is 6.51. The molecule has 1 fully saturated rings. The molecule has 0 aliphatic carbocycles. The number of rotatable bonds is 22. The number of hydrogen-bond donors (Lipinski definition) is 1. The van der Waals surface area contributed by atoms with E-state index in [-0.39, 0.29) is 38.3 Å². The molecule has 1 heterocycles. The van der Waals surface area contributed by atoms with Crippen molar-refractivity contribution < 1.29 is 50.7 Å². The van der Waals surface area contributed by atoms with Crippen molar-refractivity contribution in [3.8, 4) is 6.07 Å². The molecule has 1 saturated heterocycles. The van der Waals surface area contributed by atoms with Gasteiger partial charge in [0.25, 0.3) is 0 Å². The first-order chi connectivity index (χ1) is 18.0. The van der Waals surface area contributed by atoms with E-state index in [0.29, 0.717) is 34.1 Å². The summed E-state index contributed by atoms with van der Waals surface area (Å²) in [6.07, 6.45) is 0.931. The second-order valence-corrected chi connectivity index (χ2v) is 12.6. The minimum atomic E-state index is -3.97. The Hall–Kier alpha value is 0.0413. The monoisotopic (exact) mass is 600 g/mol. The van der Waals surface area contributed by atoms with Gasteiger partial charge in [0.1, 0.15) is 0 Å². The number of phosphoric ester groups is 1. The van der Waals surface area contributed by atoms with Crippen molar-refractivity contribution in [2.75, 3.05) is 39.5 Å². The van der Waals surface area contributed by atoms with Crippen molar-refractivity contribution in [3.05, 3.63) is 0 Å². The zero-order valence-electron chi connectivity index (χ0n) is 24.2. The van der Waals surface area contributed by atoms with Crippen LogP contribution < -0.4 is 5.32 Å². The Morgan fingerprint density at radius 1 is 1.32 bits per heavy atom. The fourth-order valence-electron chi connectivity index (χ4n) is 3.90. The summed E-state index contributed by atoms with van der Waals surface area (Å²) in [4.78, 5) is 5.00. The second-order valence-electron chi connectivity index (χ2n) is 9.75. The van der Waals surface area contributed by atoms with Gasteiger partial charge in [0, 0.05) is 0 Å². The number of ether oxygens (including phenoxy) is 1. The molecule has 1 aliphatic heterocycles. The molecule has 7 unspecified atom stereocenters. The van der Waals surface area contributed by atoms with E-state index in [2.05, 4.69) is 50.8 Å². The Morgan fingerprint density at radius 3 is 2.70 bits per heavy atom. The van der Waals surface area contributed by atoms with Gasteiger partial charge in [-0.05, 0) is 37.1 Å². The van der Waals surface area contributed by atoms with Gasteiger partial charge in [-0.2, -0.15) is 0 Å². The van der Waals surface area contributed by atoms with Crippen LogP contribution in [0.4, 0.5) is 0 Å². The SMILES string of the molecule is [3H]C1CC(OP(=O)(OCCC#N)OCCNCCC[Si]OC(C)(C(C)CC)C(C)C(C)C)C(CO[N]=[V])O1. The van der Waals surface area contributed by atoms with Crippen LogP contribution in [-0.4, -0.2) is 67.1 Å². The van der Waals surface area contributed by atoms with Crippen LogP contribution in [0.3, 0.4) is 0 Å². The Bertz CT molecular complexity index is 769. The third-order valence-electron chi connectivity index (χ3n) is 6.99. The van der Waals surface area contributed by atoms with Gasteiger partial charge in [-0.1, -0.05) is 41.0 Å². The predicted molar refractivity (Wildman–Crippen MR) is 138 cm³/mol. The number of nitrogens with one attached hydrogen (secondary N) is 1. The van der Waals surface area contributed by atoms with E-state index in [9.17, 15) is 4.57 Å². The van der Waals surface area contributed by atoms with Gasteiger partial charge in [0.05, 0.1) is 5.60 Å². The van der Waals surface area contributed by atoms with E-state index in [0.717, 1.165) is 25.4 Å².